The average Bonchev–Trinajstić information content (AvgIpc) is 2.77. The van der Waals surface area contributed by atoms with Gasteiger partial charge in [0.1, 0.15) is 11.5 Å². The van der Waals surface area contributed by atoms with Gasteiger partial charge in [-0.3, -0.25) is 9.69 Å². The summed E-state index contributed by atoms with van der Waals surface area (Å²) in [6.45, 7) is 5.37. The molecule has 1 saturated heterocycles. The molecule has 150 valence electrons. The minimum absolute atomic E-state index is 0.0815. The van der Waals surface area contributed by atoms with Gasteiger partial charge in [-0.2, -0.15) is 0 Å². The Bertz CT molecular complexity index is 738. The summed E-state index contributed by atoms with van der Waals surface area (Å²) in [5.74, 6) is 1.69. The molecule has 1 fully saturated rings. The SMILES string of the molecule is COc1ccc(COCCN2CCN(C(=O)c3ccc(OC)cc3)CC2)cc1. The van der Waals surface area contributed by atoms with Gasteiger partial charge in [0.05, 0.1) is 27.4 Å². The van der Waals surface area contributed by atoms with Crippen LogP contribution in [0.1, 0.15) is 15.9 Å². The zero-order valence-electron chi connectivity index (χ0n) is 16.6. The summed E-state index contributed by atoms with van der Waals surface area (Å²) in [5, 5.41) is 0. The number of ether oxygens (including phenoxy) is 3. The lowest BCUT2D eigenvalue weighted by Gasteiger charge is -2.34. The van der Waals surface area contributed by atoms with Crippen LogP contribution in [0.25, 0.3) is 0 Å². The molecule has 2 aromatic rings. The van der Waals surface area contributed by atoms with Gasteiger partial charge >= 0.3 is 0 Å². The standard InChI is InChI=1S/C22H28N2O4/c1-26-20-7-3-18(4-8-20)17-28-16-15-23-11-13-24(14-12-23)22(25)19-5-9-21(27-2)10-6-19/h3-10H,11-17H2,1-2H3. The van der Waals surface area contributed by atoms with E-state index in [1.807, 2.05) is 53.4 Å². The van der Waals surface area contributed by atoms with E-state index >= 15 is 0 Å². The van der Waals surface area contributed by atoms with Crippen LogP contribution < -0.4 is 9.47 Å². The molecule has 0 bridgehead atoms. The second kappa shape index (κ2) is 10.1. The summed E-state index contributed by atoms with van der Waals surface area (Å²) in [4.78, 5) is 16.9. The third-order valence-corrected chi connectivity index (χ3v) is 4.98. The summed E-state index contributed by atoms with van der Waals surface area (Å²) in [5.41, 5.74) is 1.84. The molecule has 0 aliphatic carbocycles. The summed E-state index contributed by atoms with van der Waals surface area (Å²) in [6, 6.07) is 15.2. The van der Waals surface area contributed by atoms with Gasteiger partial charge in [0.15, 0.2) is 0 Å². The van der Waals surface area contributed by atoms with Gasteiger partial charge in [0.2, 0.25) is 0 Å². The molecule has 0 atom stereocenters. The Labute approximate surface area is 166 Å². The molecule has 3 rings (SSSR count). The van der Waals surface area contributed by atoms with Gasteiger partial charge in [0.25, 0.3) is 5.91 Å². The maximum Gasteiger partial charge on any atom is 0.253 e. The molecule has 0 unspecified atom stereocenters. The van der Waals surface area contributed by atoms with Gasteiger partial charge in [-0.15, -0.1) is 0 Å². The predicted molar refractivity (Wildman–Crippen MR) is 108 cm³/mol. The smallest absolute Gasteiger partial charge is 0.253 e. The molecular weight excluding hydrogens is 356 g/mol. The van der Waals surface area contributed by atoms with Crippen molar-refractivity contribution in [1.29, 1.82) is 0 Å². The summed E-state index contributed by atoms with van der Waals surface area (Å²) in [7, 11) is 3.28. The van der Waals surface area contributed by atoms with Crippen LogP contribution in [-0.2, 0) is 11.3 Å². The number of hydrogen-bond acceptors (Lipinski definition) is 5. The fourth-order valence-corrected chi connectivity index (χ4v) is 3.20. The van der Waals surface area contributed by atoms with E-state index in [9.17, 15) is 4.79 Å². The van der Waals surface area contributed by atoms with Crippen molar-refractivity contribution >= 4 is 5.91 Å². The second-order valence-corrected chi connectivity index (χ2v) is 6.76. The van der Waals surface area contributed by atoms with Crippen LogP contribution >= 0.6 is 0 Å². The molecule has 28 heavy (non-hydrogen) atoms. The highest BCUT2D eigenvalue weighted by atomic mass is 16.5. The Morgan fingerprint density at radius 1 is 0.857 bits per heavy atom. The normalized spacial score (nSPS) is 14.7. The number of carbonyl (C=O) groups is 1. The summed E-state index contributed by atoms with van der Waals surface area (Å²) >= 11 is 0. The molecule has 0 N–H and O–H groups in total. The molecule has 0 spiro atoms. The highest BCUT2D eigenvalue weighted by Gasteiger charge is 2.21. The largest absolute Gasteiger partial charge is 0.497 e. The lowest BCUT2D eigenvalue weighted by molar-refractivity contribution is 0.0528. The molecule has 0 saturated carbocycles. The number of piperazine rings is 1. The number of rotatable bonds is 8. The van der Waals surface area contributed by atoms with Crippen molar-refractivity contribution in [2.75, 3.05) is 53.6 Å². The minimum atomic E-state index is 0.0815. The quantitative estimate of drug-likeness (QED) is 0.655. The zero-order valence-corrected chi connectivity index (χ0v) is 16.6. The maximum atomic E-state index is 12.6. The topological polar surface area (TPSA) is 51.2 Å². The lowest BCUT2D eigenvalue weighted by atomic mass is 10.1. The van der Waals surface area contributed by atoms with E-state index in [2.05, 4.69) is 4.90 Å². The number of methoxy groups -OCH3 is 2. The van der Waals surface area contributed by atoms with Crippen LogP contribution in [0.3, 0.4) is 0 Å². The van der Waals surface area contributed by atoms with E-state index in [-0.39, 0.29) is 5.91 Å². The Hall–Kier alpha value is -2.57. The summed E-state index contributed by atoms with van der Waals surface area (Å²) < 4.78 is 16.1. The third-order valence-electron chi connectivity index (χ3n) is 4.98. The van der Waals surface area contributed by atoms with Gasteiger partial charge in [0, 0.05) is 38.3 Å². The van der Waals surface area contributed by atoms with Crippen LogP contribution in [0.2, 0.25) is 0 Å². The Kier molecular flexibility index (Phi) is 7.28. The fourth-order valence-electron chi connectivity index (χ4n) is 3.20. The highest BCUT2D eigenvalue weighted by Crippen LogP contribution is 2.15. The number of amides is 1. The molecule has 6 nitrogen and oxygen atoms in total. The highest BCUT2D eigenvalue weighted by molar-refractivity contribution is 5.94. The first-order chi connectivity index (χ1) is 13.7. The number of carbonyl (C=O) groups excluding carboxylic acids is 1. The fraction of sp³-hybridized carbons (Fsp3) is 0.409. The van der Waals surface area contributed by atoms with Crippen LogP contribution in [-0.4, -0.2) is 69.3 Å². The van der Waals surface area contributed by atoms with Crippen molar-refractivity contribution in [3.63, 3.8) is 0 Å². The van der Waals surface area contributed by atoms with Crippen molar-refractivity contribution in [3.05, 3.63) is 59.7 Å². The van der Waals surface area contributed by atoms with Gasteiger partial charge in [-0.1, -0.05) is 12.1 Å². The van der Waals surface area contributed by atoms with Crippen molar-refractivity contribution in [2.45, 2.75) is 6.61 Å². The first kappa shape index (κ1) is 20.2. The third kappa shape index (κ3) is 5.47. The maximum absolute atomic E-state index is 12.6. The first-order valence-electron chi connectivity index (χ1n) is 9.56. The molecular formula is C22H28N2O4. The van der Waals surface area contributed by atoms with E-state index in [0.717, 1.165) is 49.8 Å². The van der Waals surface area contributed by atoms with E-state index in [0.29, 0.717) is 18.8 Å². The molecule has 1 amide bonds. The van der Waals surface area contributed by atoms with Crippen molar-refractivity contribution in [1.82, 2.24) is 9.80 Å². The molecule has 6 heteroatoms. The Morgan fingerprint density at radius 3 is 2.00 bits per heavy atom. The number of benzene rings is 2. The second-order valence-electron chi connectivity index (χ2n) is 6.76. The van der Waals surface area contributed by atoms with Crippen LogP contribution in [0, 0.1) is 0 Å². The van der Waals surface area contributed by atoms with Crippen LogP contribution in [0.4, 0.5) is 0 Å². The molecule has 1 aliphatic heterocycles. The minimum Gasteiger partial charge on any atom is -0.497 e. The van der Waals surface area contributed by atoms with E-state index in [4.69, 9.17) is 14.2 Å². The first-order valence-corrected chi connectivity index (χ1v) is 9.56. The van der Waals surface area contributed by atoms with E-state index in [1.165, 1.54) is 0 Å². The van der Waals surface area contributed by atoms with Gasteiger partial charge in [-0.25, -0.2) is 0 Å². The lowest BCUT2D eigenvalue weighted by Crippen LogP contribution is -2.49. The number of nitrogens with zero attached hydrogens (tertiary/aromatic N) is 2. The monoisotopic (exact) mass is 384 g/mol. The van der Waals surface area contributed by atoms with Crippen LogP contribution in [0.15, 0.2) is 48.5 Å². The van der Waals surface area contributed by atoms with Crippen LogP contribution in [0.5, 0.6) is 11.5 Å². The predicted octanol–water partition coefficient (Wildman–Crippen LogP) is 2.68. The molecule has 0 aromatic heterocycles. The molecule has 2 aromatic carbocycles. The molecule has 1 aliphatic rings. The van der Waals surface area contributed by atoms with Crippen molar-refractivity contribution in [3.8, 4) is 11.5 Å². The summed E-state index contributed by atoms with van der Waals surface area (Å²) in [6.07, 6.45) is 0. The van der Waals surface area contributed by atoms with Crippen molar-refractivity contribution < 1.29 is 19.0 Å². The van der Waals surface area contributed by atoms with Gasteiger partial charge < -0.3 is 19.1 Å². The van der Waals surface area contributed by atoms with Gasteiger partial charge in [-0.05, 0) is 42.0 Å². The Morgan fingerprint density at radius 2 is 1.43 bits per heavy atom. The van der Waals surface area contributed by atoms with Crippen molar-refractivity contribution in [2.24, 2.45) is 0 Å². The van der Waals surface area contributed by atoms with E-state index < -0.39 is 0 Å². The van der Waals surface area contributed by atoms with E-state index in [1.54, 1.807) is 14.2 Å². The molecule has 1 heterocycles. The average molecular weight is 384 g/mol. The molecule has 0 radical (unpaired) electrons. The zero-order chi connectivity index (χ0) is 19.8. The number of hydrogen-bond donors (Lipinski definition) is 0. The Balaban J connectivity index is 1.36.